The molecule has 6 nitrogen and oxygen atoms in total. The van der Waals surface area contributed by atoms with Crippen molar-refractivity contribution in [2.24, 2.45) is 5.92 Å². The molecule has 2 aromatic heterocycles. The molecule has 35 heavy (non-hydrogen) atoms. The number of halogens is 3. The van der Waals surface area contributed by atoms with Gasteiger partial charge in [-0.25, -0.2) is 9.97 Å². The molecule has 0 spiro atoms. The lowest BCUT2D eigenvalue weighted by Gasteiger charge is -2.30. The lowest BCUT2D eigenvalue weighted by atomic mass is 9.84. The van der Waals surface area contributed by atoms with E-state index in [-0.39, 0.29) is 17.1 Å². The number of fused-ring (bicyclic) bond motifs is 1. The van der Waals surface area contributed by atoms with Crippen LogP contribution in [0.25, 0.3) is 0 Å². The number of nitrogens with one attached hydrogen (secondary N) is 1. The molecule has 1 aliphatic carbocycles. The van der Waals surface area contributed by atoms with Crippen LogP contribution >= 0.6 is 22.7 Å². The largest absolute Gasteiger partial charge is 0.460 e. The van der Waals surface area contributed by atoms with Crippen LogP contribution in [-0.4, -0.2) is 59.2 Å². The molecular weight excluding hydrogens is 497 g/mol. The summed E-state index contributed by atoms with van der Waals surface area (Å²) in [5, 5.41) is 4.38. The van der Waals surface area contributed by atoms with E-state index in [4.69, 9.17) is 4.74 Å². The van der Waals surface area contributed by atoms with Gasteiger partial charge in [0.2, 0.25) is 5.91 Å². The minimum Gasteiger partial charge on any atom is -0.460 e. The Balaban J connectivity index is 1.11. The number of ether oxygens (including phenoxy) is 1. The number of rotatable bonds is 9. The molecule has 0 saturated heterocycles. The van der Waals surface area contributed by atoms with Gasteiger partial charge < -0.3 is 15.0 Å². The molecular formula is C24H33F3N4O2S2. The van der Waals surface area contributed by atoms with Crippen molar-refractivity contribution < 1.29 is 22.7 Å². The zero-order valence-corrected chi connectivity index (χ0v) is 21.7. The van der Waals surface area contributed by atoms with E-state index in [1.165, 1.54) is 11.3 Å². The summed E-state index contributed by atoms with van der Waals surface area (Å²) in [6.07, 6.45) is 5.86. The fourth-order valence-corrected chi connectivity index (χ4v) is 6.57. The molecule has 0 radical (unpaired) electrons. The van der Waals surface area contributed by atoms with Crippen LogP contribution < -0.4 is 10.1 Å². The zero-order chi connectivity index (χ0) is 24.8. The van der Waals surface area contributed by atoms with Crippen LogP contribution in [-0.2, 0) is 24.1 Å². The fourth-order valence-electron chi connectivity index (χ4n) is 4.83. The molecule has 0 aromatic carbocycles. The van der Waals surface area contributed by atoms with Crippen molar-refractivity contribution in [3.63, 3.8) is 0 Å². The highest BCUT2D eigenvalue weighted by Crippen LogP contribution is 2.31. The Bertz CT molecular complexity index is 945. The molecule has 2 aromatic rings. The van der Waals surface area contributed by atoms with Crippen LogP contribution in [0.2, 0.25) is 0 Å². The number of nitrogens with zero attached hydrogens (tertiary/aromatic N) is 3. The maximum absolute atomic E-state index is 12.4. The van der Waals surface area contributed by atoms with Crippen LogP contribution in [0.5, 0.6) is 5.19 Å². The highest BCUT2D eigenvalue weighted by atomic mass is 32.1. The van der Waals surface area contributed by atoms with Crippen molar-refractivity contribution in [3.05, 3.63) is 26.7 Å². The zero-order valence-electron chi connectivity index (χ0n) is 20.0. The molecule has 1 amide bonds. The van der Waals surface area contributed by atoms with Crippen molar-refractivity contribution in [2.45, 2.75) is 76.9 Å². The number of carbonyl (C=O) groups is 1. The van der Waals surface area contributed by atoms with Crippen molar-refractivity contribution in [1.82, 2.24) is 20.2 Å². The van der Waals surface area contributed by atoms with E-state index in [0.717, 1.165) is 91.5 Å². The van der Waals surface area contributed by atoms with Crippen molar-refractivity contribution >= 4 is 28.6 Å². The Morgan fingerprint density at radius 2 is 1.97 bits per heavy atom. The van der Waals surface area contributed by atoms with E-state index in [9.17, 15) is 18.0 Å². The fraction of sp³-hybridized carbons (Fsp3) is 0.708. The van der Waals surface area contributed by atoms with Gasteiger partial charge in [0.05, 0.1) is 10.7 Å². The monoisotopic (exact) mass is 530 g/mol. The Morgan fingerprint density at radius 3 is 2.69 bits per heavy atom. The highest BCUT2D eigenvalue weighted by molar-refractivity contribution is 7.13. The topological polar surface area (TPSA) is 67.4 Å². The molecule has 11 heteroatoms. The van der Waals surface area contributed by atoms with E-state index in [1.54, 1.807) is 11.3 Å². The molecule has 194 valence electrons. The van der Waals surface area contributed by atoms with Crippen LogP contribution in [0.15, 0.2) is 6.20 Å². The summed E-state index contributed by atoms with van der Waals surface area (Å²) in [4.78, 5) is 25.5. The third kappa shape index (κ3) is 8.42. The first kappa shape index (κ1) is 26.3. The minimum absolute atomic E-state index is 0.128. The first-order valence-electron chi connectivity index (χ1n) is 12.3. The van der Waals surface area contributed by atoms with E-state index < -0.39 is 12.8 Å². The Morgan fingerprint density at radius 1 is 1.20 bits per heavy atom. The second kappa shape index (κ2) is 12.0. The molecule has 1 N–H and O–H groups in total. The summed E-state index contributed by atoms with van der Waals surface area (Å²) in [6.45, 7) is 3.50. The van der Waals surface area contributed by atoms with Gasteiger partial charge in [0.15, 0.2) is 6.61 Å². The molecule has 1 saturated carbocycles. The van der Waals surface area contributed by atoms with Gasteiger partial charge in [0, 0.05) is 47.9 Å². The van der Waals surface area contributed by atoms with Gasteiger partial charge in [-0.3, -0.25) is 4.79 Å². The van der Waals surface area contributed by atoms with Gasteiger partial charge in [0.1, 0.15) is 0 Å². The van der Waals surface area contributed by atoms with E-state index >= 15 is 0 Å². The highest BCUT2D eigenvalue weighted by Gasteiger charge is 2.30. The molecule has 2 aliphatic rings. The maximum Gasteiger partial charge on any atom is 0.422 e. The summed E-state index contributed by atoms with van der Waals surface area (Å²) in [6, 6.07) is 0.288. The Labute approximate surface area is 212 Å². The summed E-state index contributed by atoms with van der Waals surface area (Å²) >= 11 is 2.90. The standard InChI is InChI=1S/C24H33F3N4O2S2/c1-16-28-14-19(34-16)6-7-22(32)29-18-4-2-17(3-5-18)8-11-31-12-9-20-21(10-13-31)35-23(30-20)33-15-24(25,26)27/h14,17-18H,2-13,15H2,1H3,(H,29,32). The second-order valence-corrected chi connectivity index (χ2v) is 11.9. The molecule has 1 fully saturated rings. The third-order valence-electron chi connectivity index (χ3n) is 6.77. The van der Waals surface area contributed by atoms with Crippen LogP contribution in [0.1, 0.15) is 59.0 Å². The number of aromatic nitrogens is 2. The van der Waals surface area contributed by atoms with E-state index in [1.807, 2.05) is 13.1 Å². The van der Waals surface area contributed by atoms with Gasteiger partial charge in [-0.1, -0.05) is 11.3 Å². The average molecular weight is 531 g/mol. The predicted octanol–water partition coefficient (Wildman–Crippen LogP) is 4.95. The summed E-state index contributed by atoms with van der Waals surface area (Å²) < 4.78 is 41.9. The number of aryl methyl sites for hydroxylation is 2. The number of alkyl halides is 3. The van der Waals surface area contributed by atoms with Gasteiger partial charge in [0.25, 0.3) is 5.19 Å². The summed E-state index contributed by atoms with van der Waals surface area (Å²) in [7, 11) is 0. The lowest BCUT2D eigenvalue weighted by molar-refractivity contribution is -0.153. The van der Waals surface area contributed by atoms with Crippen molar-refractivity contribution in [2.75, 3.05) is 26.2 Å². The quantitative estimate of drug-likeness (QED) is 0.497. The molecule has 0 unspecified atom stereocenters. The van der Waals surface area contributed by atoms with E-state index in [2.05, 4.69) is 20.2 Å². The smallest absolute Gasteiger partial charge is 0.422 e. The van der Waals surface area contributed by atoms with E-state index in [0.29, 0.717) is 12.3 Å². The molecule has 0 atom stereocenters. The molecule has 1 aliphatic heterocycles. The van der Waals surface area contributed by atoms with Gasteiger partial charge in [-0.15, -0.1) is 11.3 Å². The first-order chi connectivity index (χ1) is 16.7. The molecule has 4 rings (SSSR count). The SMILES string of the molecule is Cc1ncc(CCC(=O)NC2CCC(CCN3CCc4nc(OCC(F)(F)F)sc4CC3)CC2)s1. The van der Waals surface area contributed by atoms with Crippen molar-refractivity contribution in [3.8, 4) is 5.19 Å². The molecule has 3 heterocycles. The van der Waals surface area contributed by atoms with Crippen molar-refractivity contribution in [1.29, 1.82) is 0 Å². The van der Waals surface area contributed by atoms with Gasteiger partial charge in [-0.2, -0.15) is 13.2 Å². The number of hydrogen-bond acceptors (Lipinski definition) is 7. The summed E-state index contributed by atoms with van der Waals surface area (Å²) in [5.41, 5.74) is 0.886. The minimum atomic E-state index is -4.34. The molecule has 0 bridgehead atoms. The Hall–Kier alpha value is -1.72. The number of carbonyl (C=O) groups excluding carboxylic acids is 1. The Kier molecular flexibility index (Phi) is 9.04. The van der Waals surface area contributed by atoms with Gasteiger partial charge >= 0.3 is 6.18 Å². The van der Waals surface area contributed by atoms with Gasteiger partial charge in [-0.05, 0) is 64.3 Å². The summed E-state index contributed by atoms with van der Waals surface area (Å²) in [5.74, 6) is 0.818. The van der Waals surface area contributed by atoms with Crippen LogP contribution in [0.3, 0.4) is 0 Å². The first-order valence-corrected chi connectivity index (χ1v) is 14.0. The number of amides is 1. The van der Waals surface area contributed by atoms with Crippen LogP contribution in [0.4, 0.5) is 13.2 Å². The normalized spacial score (nSPS) is 21.4. The van der Waals surface area contributed by atoms with Crippen LogP contribution in [0, 0.1) is 12.8 Å². The average Bonchev–Trinajstić information content (AvgIpc) is 3.36. The predicted molar refractivity (Wildman–Crippen MR) is 131 cm³/mol. The second-order valence-electron chi connectivity index (χ2n) is 9.51. The lowest BCUT2D eigenvalue weighted by Crippen LogP contribution is -2.38. The third-order valence-corrected chi connectivity index (χ3v) is 8.81. The maximum atomic E-state index is 12.4. The number of thiazole rings is 2. The number of hydrogen-bond donors (Lipinski definition) is 1.